The first kappa shape index (κ1) is 22.1. The van der Waals surface area contributed by atoms with E-state index < -0.39 is 5.82 Å². The van der Waals surface area contributed by atoms with E-state index in [4.69, 9.17) is 5.73 Å². The number of nitrogens with one attached hydrogen (secondary N) is 3. The largest absolute Gasteiger partial charge is 0.508 e. The van der Waals surface area contributed by atoms with Gasteiger partial charge in [-0.1, -0.05) is 6.07 Å². The van der Waals surface area contributed by atoms with E-state index in [0.717, 1.165) is 43.7 Å². The normalized spacial score (nSPS) is 17.7. The third-order valence-electron chi connectivity index (χ3n) is 6.27. The summed E-state index contributed by atoms with van der Waals surface area (Å²) in [4.78, 5) is 19.9. The highest BCUT2D eigenvalue weighted by Gasteiger charge is 2.25. The van der Waals surface area contributed by atoms with Crippen LogP contribution in [0.1, 0.15) is 34.3 Å². The summed E-state index contributed by atoms with van der Waals surface area (Å²) in [6, 6.07) is 10.2. The highest BCUT2D eigenvalue weighted by atomic mass is 19.1. The van der Waals surface area contributed by atoms with Gasteiger partial charge < -0.3 is 26.8 Å². The number of piperidine rings is 1. The minimum atomic E-state index is -0.534. The maximum Gasteiger partial charge on any atom is 0.261 e. The molecule has 0 bridgehead atoms. The molecule has 3 heterocycles. The molecule has 3 aromatic rings. The Morgan fingerprint density at radius 3 is 2.88 bits per heavy atom. The monoisotopic (exact) mass is 462 g/mol. The average molecular weight is 463 g/mol. The Kier molecular flexibility index (Phi) is 5.80. The van der Waals surface area contributed by atoms with Crippen LogP contribution in [0.3, 0.4) is 0 Å². The number of benzene rings is 2. The Bertz CT molecular complexity index is 1260. The number of rotatable bonds is 4. The van der Waals surface area contributed by atoms with Crippen LogP contribution in [0.5, 0.6) is 5.75 Å². The average Bonchev–Trinajstić information content (AvgIpc) is 2.93. The van der Waals surface area contributed by atoms with E-state index in [0.29, 0.717) is 22.8 Å². The van der Waals surface area contributed by atoms with Crippen LogP contribution in [0, 0.1) is 12.7 Å². The van der Waals surface area contributed by atoms with Crippen LogP contribution in [-0.2, 0) is 6.54 Å². The number of nitrogens with zero attached hydrogens (tertiary/aromatic N) is 2. The zero-order valence-corrected chi connectivity index (χ0v) is 18.9. The summed E-state index contributed by atoms with van der Waals surface area (Å²) in [5.74, 6) is -0.590. The molecule has 0 radical (unpaired) electrons. The number of carbonyl (C=O) groups is 1. The number of hydrogen-bond donors (Lipinski definition) is 5. The predicted octanol–water partition coefficient (Wildman–Crippen LogP) is 4.21. The van der Waals surface area contributed by atoms with Gasteiger partial charge in [-0.15, -0.1) is 0 Å². The first-order valence-electron chi connectivity index (χ1n) is 11.3. The molecular formula is C25H27FN6O2. The Morgan fingerprint density at radius 2 is 2.06 bits per heavy atom. The minimum absolute atomic E-state index is 0.0405. The van der Waals surface area contributed by atoms with Gasteiger partial charge in [-0.25, -0.2) is 9.37 Å². The Balaban J connectivity index is 1.42. The van der Waals surface area contributed by atoms with Gasteiger partial charge in [0, 0.05) is 31.4 Å². The molecule has 176 valence electrons. The van der Waals surface area contributed by atoms with Crippen LogP contribution in [0.4, 0.5) is 33.0 Å². The van der Waals surface area contributed by atoms with E-state index >= 15 is 0 Å². The van der Waals surface area contributed by atoms with Crippen molar-refractivity contribution in [2.75, 3.05) is 29.0 Å². The number of hydrogen-bond acceptors (Lipinski definition) is 7. The Labute approximate surface area is 197 Å². The number of aryl methyl sites for hydroxylation is 1. The van der Waals surface area contributed by atoms with E-state index in [1.807, 2.05) is 18.2 Å². The highest BCUT2D eigenvalue weighted by Crippen LogP contribution is 2.36. The molecule has 9 heteroatoms. The molecule has 1 saturated heterocycles. The molecule has 6 N–H and O–H groups in total. The fraction of sp³-hybridized carbons (Fsp3) is 0.280. The fourth-order valence-electron chi connectivity index (χ4n) is 4.50. The second-order valence-electron chi connectivity index (χ2n) is 8.92. The lowest BCUT2D eigenvalue weighted by Crippen LogP contribution is -2.42. The van der Waals surface area contributed by atoms with Gasteiger partial charge in [0.2, 0.25) is 0 Å². The second-order valence-corrected chi connectivity index (χ2v) is 8.92. The van der Waals surface area contributed by atoms with Gasteiger partial charge in [-0.05, 0) is 61.7 Å². The van der Waals surface area contributed by atoms with Gasteiger partial charge in [0.1, 0.15) is 22.9 Å². The number of halogens is 1. The summed E-state index contributed by atoms with van der Waals surface area (Å²) in [7, 11) is 0. The van der Waals surface area contributed by atoms with E-state index in [2.05, 4.69) is 25.8 Å². The molecule has 2 aromatic carbocycles. The molecule has 0 aliphatic carbocycles. The number of phenols is 1. The van der Waals surface area contributed by atoms with Crippen molar-refractivity contribution in [1.29, 1.82) is 0 Å². The van der Waals surface area contributed by atoms with Crippen molar-refractivity contribution in [3.05, 3.63) is 65.1 Å². The van der Waals surface area contributed by atoms with E-state index in [1.54, 1.807) is 13.0 Å². The minimum Gasteiger partial charge on any atom is -0.508 e. The van der Waals surface area contributed by atoms with E-state index in [9.17, 15) is 14.3 Å². The van der Waals surface area contributed by atoms with Gasteiger partial charge >= 0.3 is 0 Å². The van der Waals surface area contributed by atoms with Gasteiger partial charge in [-0.2, -0.15) is 0 Å². The quantitative estimate of drug-likeness (QED) is 0.394. The summed E-state index contributed by atoms with van der Waals surface area (Å²) < 4.78 is 14.5. The molecule has 2 aliphatic heterocycles. The van der Waals surface area contributed by atoms with Crippen molar-refractivity contribution >= 4 is 34.5 Å². The lowest BCUT2D eigenvalue weighted by Gasteiger charge is -2.30. The van der Waals surface area contributed by atoms with Gasteiger partial charge in [0.25, 0.3) is 5.91 Å². The van der Waals surface area contributed by atoms with Crippen LogP contribution in [0.2, 0.25) is 0 Å². The van der Waals surface area contributed by atoms with Crippen LogP contribution in [0.15, 0.2) is 42.6 Å². The molecule has 34 heavy (non-hydrogen) atoms. The fourth-order valence-corrected chi connectivity index (χ4v) is 4.50. The maximum absolute atomic E-state index is 14.5. The van der Waals surface area contributed by atoms with Gasteiger partial charge in [0.05, 0.1) is 22.7 Å². The van der Waals surface area contributed by atoms with Crippen molar-refractivity contribution in [3.8, 4) is 5.75 Å². The topological polar surface area (TPSA) is 116 Å². The smallest absolute Gasteiger partial charge is 0.261 e. The third-order valence-corrected chi connectivity index (χ3v) is 6.27. The van der Waals surface area contributed by atoms with E-state index in [-0.39, 0.29) is 28.9 Å². The van der Waals surface area contributed by atoms with Crippen LogP contribution < -0.4 is 21.7 Å². The number of aromatic hydroxyl groups is 1. The first-order valence-corrected chi connectivity index (χ1v) is 11.3. The number of fused-ring (bicyclic) bond motifs is 2. The van der Waals surface area contributed by atoms with Gasteiger partial charge in [-0.3, -0.25) is 9.69 Å². The van der Waals surface area contributed by atoms with Crippen molar-refractivity contribution in [2.24, 2.45) is 5.73 Å². The molecule has 1 aromatic heterocycles. The van der Waals surface area contributed by atoms with Crippen LogP contribution in [0.25, 0.3) is 0 Å². The number of amides is 1. The lowest BCUT2D eigenvalue weighted by molar-refractivity contribution is 0.102. The first-order chi connectivity index (χ1) is 16.4. The number of carbonyl (C=O) groups excluding carboxylic acids is 1. The highest BCUT2D eigenvalue weighted by molar-refractivity contribution is 6.15. The summed E-state index contributed by atoms with van der Waals surface area (Å²) in [5, 5.41) is 19.1. The van der Waals surface area contributed by atoms with Crippen LogP contribution in [-0.4, -0.2) is 40.0 Å². The summed E-state index contributed by atoms with van der Waals surface area (Å²) in [6.45, 7) is 4.23. The molecule has 1 amide bonds. The summed E-state index contributed by atoms with van der Waals surface area (Å²) >= 11 is 0. The Hall–Kier alpha value is -3.69. The summed E-state index contributed by atoms with van der Waals surface area (Å²) in [5.41, 5.74) is 9.66. The number of nitrogens with two attached hydrogens (primary N) is 1. The van der Waals surface area contributed by atoms with Crippen molar-refractivity contribution in [3.63, 3.8) is 0 Å². The number of likely N-dealkylation sites (tertiary alicyclic amines) is 1. The van der Waals surface area contributed by atoms with Crippen molar-refractivity contribution in [2.45, 2.75) is 32.4 Å². The lowest BCUT2D eigenvalue weighted by atomic mass is 10.1. The maximum atomic E-state index is 14.5. The molecule has 0 unspecified atom stereocenters. The number of aromatic nitrogens is 1. The summed E-state index contributed by atoms with van der Waals surface area (Å²) in [6.07, 6.45) is 3.67. The molecule has 8 nitrogen and oxygen atoms in total. The number of pyridine rings is 1. The predicted molar refractivity (Wildman–Crippen MR) is 130 cm³/mol. The van der Waals surface area contributed by atoms with Crippen LogP contribution >= 0.6 is 0 Å². The van der Waals surface area contributed by atoms with Crippen molar-refractivity contribution in [1.82, 2.24) is 9.88 Å². The molecule has 0 saturated carbocycles. The van der Waals surface area contributed by atoms with Crippen molar-refractivity contribution < 1.29 is 14.3 Å². The molecule has 5 rings (SSSR count). The zero-order valence-electron chi connectivity index (χ0n) is 18.9. The molecular weight excluding hydrogens is 435 g/mol. The second kappa shape index (κ2) is 8.92. The molecule has 1 atom stereocenters. The molecule has 2 aliphatic rings. The van der Waals surface area contributed by atoms with Gasteiger partial charge in [0.15, 0.2) is 0 Å². The number of anilines is 5. The molecule has 0 spiro atoms. The number of phenolic OH excluding ortho intramolecular Hbond substituents is 1. The Morgan fingerprint density at radius 1 is 1.21 bits per heavy atom. The zero-order chi connectivity index (χ0) is 23.8. The SMILES string of the molecule is Cc1cc(F)c(Nc2ccnc3c2C(=O)Nc2cc(CN4CCC[C@@H](N)C4)ccc2N3)cc1O. The standard InChI is InChI=1S/C25H27FN6O2/c1-14-9-17(26)20(11-22(14)33)29-19-6-7-28-24-23(19)25(34)31-21-10-15(4-5-18(21)30-24)12-32-8-2-3-16(27)13-32/h4-7,9-11,16,33H,2-3,8,12-13,27H2,1H3,(H,31,34)(H2,28,29,30)/t16-/m1/s1. The molecule has 1 fully saturated rings. The van der Waals surface area contributed by atoms with E-state index in [1.165, 1.54) is 18.3 Å². The third kappa shape index (κ3) is 4.40.